The highest BCUT2D eigenvalue weighted by Gasteiger charge is 2.10. The molecule has 1 unspecified atom stereocenters. The van der Waals surface area contributed by atoms with Crippen LogP contribution in [0.2, 0.25) is 0 Å². The molecule has 0 bridgehead atoms. The smallest absolute Gasteiger partial charge is 0.0207 e. The van der Waals surface area contributed by atoms with Gasteiger partial charge in [0.2, 0.25) is 0 Å². The van der Waals surface area contributed by atoms with Gasteiger partial charge in [-0.2, -0.15) is 0 Å². The normalized spacial score (nSPS) is 12.3. The van der Waals surface area contributed by atoms with Crippen molar-refractivity contribution in [2.45, 2.75) is 25.7 Å². The topological polar surface area (TPSA) is 12.0 Å². The van der Waals surface area contributed by atoms with Crippen LogP contribution in [0.4, 0.5) is 0 Å². The van der Waals surface area contributed by atoms with Crippen LogP contribution in [0.1, 0.15) is 24.0 Å². The Morgan fingerprint density at radius 2 is 1.71 bits per heavy atom. The van der Waals surface area contributed by atoms with Gasteiger partial charge in [0.25, 0.3) is 0 Å². The van der Waals surface area contributed by atoms with Crippen molar-refractivity contribution in [2.75, 3.05) is 13.6 Å². The standard InChI is InChI=1S/C19H24BrN/c1-21-15-17(14-18-12-5-6-13-19(18)20)11-7-10-16-8-3-2-4-9-16/h2-6,8-9,12-13,17,21H,7,10-11,14-15H2,1H3. The molecule has 2 rings (SSSR count). The molecule has 2 aromatic carbocycles. The van der Waals surface area contributed by atoms with Gasteiger partial charge in [-0.15, -0.1) is 0 Å². The third kappa shape index (κ3) is 5.64. The van der Waals surface area contributed by atoms with E-state index in [0.717, 1.165) is 13.0 Å². The Kier molecular flexibility index (Phi) is 6.98. The van der Waals surface area contributed by atoms with E-state index in [9.17, 15) is 0 Å². The summed E-state index contributed by atoms with van der Waals surface area (Å²) >= 11 is 3.66. The fraction of sp³-hybridized carbons (Fsp3) is 0.368. The molecule has 0 heterocycles. The van der Waals surface area contributed by atoms with E-state index in [2.05, 4.69) is 75.8 Å². The minimum atomic E-state index is 0.692. The Morgan fingerprint density at radius 3 is 2.43 bits per heavy atom. The second-order valence-corrected chi connectivity index (χ2v) is 6.45. The van der Waals surface area contributed by atoms with Gasteiger partial charge in [0.1, 0.15) is 0 Å². The van der Waals surface area contributed by atoms with E-state index in [0.29, 0.717) is 5.92 Å². The Hall–Kier alpha value is -1.12. The Balaban J connectivity index is 1.86. The lowest BCUT2D eigenvalue weighted by molar-refractivity contribution is 0.446. The average molecular weight is 346 g/mol. The minimum absolute atomic E-state index is 0.692. The van der Waals surface area contributed by atoms with E-state index in [-0.39, 0.29) is 0 Å². The van der Waals surface area contributed by atoms with Gasteiger partial charge < -0.3 is 5.32 Å². The molecule has 0 amide bonds. The predicted octanol–water partition coefficient (Wildman–Crippen LogP) is 4.85. The summed E-state index contributed by atoms with van der Waals surface area (Å²) in [6.07, 6.45) is 4.83. The van der Waals surface area contributed by atoms with Crippen LogP contribution >= 0.6 is 15.9 Å². The van der Waals surface area contributed by atoms with Crippen molar-refractivity contribution in [2.24, 2.45) is 5.92 Å². The van der Waals surface area contributed by atoms with Crippen molar-refractivity contribution in [3.8, 4) is 0 Å². The van der Waals surface area contributed by atoms with Crippen LogP contribution in [0.3, 0.4) is 0 Å². The maximum atomic E-state index is 3.66. The molecular formula is C19H24BrN. The van der Waals surface area contributed by atoms with E-state index in [4.69, 9.17) is 0 Å². The maximum Gasteiger partial charge on any atom is 0.0207 e. The first-order valence-electron chi connectivity index (χ1n) is 7.71. The highest BCUT2D eigenvalue weighted by Crippen LogP contribution is 2.22. The summed E-state index contributed by atoms with van der Waals surface area (Å²) in [6.45, 7) is 1.08. The van der Waals surface area contributed by atoms with Gasteiger partial charge >= 0.3 is 0 Å². The van der Waals surface area contributed by atoms with Gasteiger partial charge in [-0.3, -0.25) is 0 Å². The fourth-order valence-electron chi connectivity index (χ4n) is 2.78. The van der Waals surface area contributed by atoms with E-state index in [1.54, 1.807) is 0 Å². The zero-order valence-electron chi connectivity index (χ0n) is 12.7. The van der Waals surface area contributed by atoms with E-state index in [1.807, 2.05) is 7.05 Å². The number of halogens is 1. The monoisotopic (exact) mass is 345 g/mol. The Morgan fingerprint density at radius 1 is 1.00 bits per heavy atom. The number of aryl methyl sites for hydroxylation is 1. The zero-order chi connectivity index (χ0) is 14.9. The third-order valence-corrected chi connectivity index (χ3v) is 4.65. The van der Waals surface area contributed by atoms with E-state index in [1.165, 1.54) is 34.9 Å². The number of hydrogen-bond donors (Lipinski definition) is 1. The van der Waals surface area contributed by atoms with Crippen molar-refractivity contribution in [3.63, 3.8) is 0 Å². The lowest BCUT2D eigenvalue weighted by atomic mass is 9.93. The first kappa shape index (κ1) is 16.3. The summed E-state index contributed by atoms with van der Waals surface area (Å²) in [6, 6.07) is 19.3. The summed E-state index contributed by atoms with van der Waals surface area (Å²) in [7, 11) is 2.05. The summed E-state index contributed by atoms with van der Waals surface area (Å²) in [5, 5.41) is 3.34. The second-order valence-electron chi connectivity index (χ2n) is 5.60. The first-order chi connectivity index (χ1) is 10.3. The van der Waals surface area contributed by atoms with Crippen LogP contribution in [0, 0.1) is 5.92 Å². The zero-order valence-corrected chi connectivity index (χ0v) is 14.3. The van der Waals surface area contributed by atoms with E-state index < -0.39 is 0 Å². The average Bonchev–Trinajstić information content (AvgIpc) is 2.51. The molecule has 0 saturated heterocycles. The Bertz CT molecular complexity index is 524. The molecular weight excluding hydrogens is 322 g/mol. The fourth-order valence-corrected chi connectivity index (χ4v) is 3.23. The van der Waals surface area contributed by atoms with Crippen molar-refractivity contribution in [1.82, 2.24) is 5.32 Å². The molecule has 21 heavy (non-hydrogen) atoms. The SMILES string of the molecule is CNCC(CCCc1ccccc1)Cc1ccccc1Br. The predicted molar refractivity (Wildman–Crippen MR) is 94.6 cm³/mol. The lowest BCUT2D eigenvalue weighted by Gasteiger charge is -2.17. The van der Waals surface area contributed by atoms with Crippen LogP contribution in [0.15, 0.2) is 59.1 Å². The van der Waals surface area contributed by atoms with Crippen molar-refractivity contribution in [3.05, 3.63) is 70.2 Å². The molecule has 0 saturated carbocycles. The highest BCUT2D eigenvalue weighted by atomic mass is 79.9. The van der Waals surface area contributed by atoms with Gasteiger partial charge in [-0.25, -0.2) is 0 Å². The first-order valence-corrected chi connectivity index (χ1v) is 8.51. The highest BCUT2D eigenvalue weighted by molar-refractivity contribution is 9.10. The molecule has 1 atom stereocenters. The number of rotatable bonds is 8. The molecule has 0 aliphatic rings. The summed E-state index contributed by atoms with van der Waals surface area (Å²) in [4.78, 5) is 0. The van der Waals surface area contributed by atoms with Gasteiger partial charge in [0, 0.05) is 4.47 Å². The van der Waals surface area contributed by atoms with Crippen molar-refractivity contribution in [1.29, 1.82) is 0 Å². The van der Waals surface area contributed by atoms with Crippen LogP contribution in [0.5, 0.6) is 0 Å². The van der Waals surface area contributed by atoms with Crippen LogP contribution in [-0.2, 0) is 12.8 Å². The van der Waals surface area contributed by atoms with Gasteiger partial charge in [-0.1, -0.05) is 64.5 Å². The molecule has 0 fully saturated rings. The van der Waals surface area contributed by atoms with Crippen molar-refractivity contribution >= 4 is 15.9 Å². The molecule has 112 valence electrons. The summed E-state index contributed by atoms with van der Waals surface area (Å²) in [5.74, 6) is 0.692. The summed E-state index contributed by atoms with van der Waals surface area (Å²) in [5.41, 5.74) is 2.86. The molecule has 0 spiro atoms. The van der Waals surface area contributed by atoms with Crippen LogP contribution < -0.4 is 5.32 Å². The molecule has 2 heteroatoms. The largest absolute Gasteiger partial charge is 0.319 e. The number of hydrogen-bond acceptors (Lipinski definition) is 1. The molecule has 1 N–H and O–H groups in total. The number of benzene rings is 2. The Labute approximate surface area is 136 Å². The van der Waals surface area contributed by atoms with Gasteiger partial charge in [0.15, 0.2) is 0 Å². The van der Waals surface area contributed by atoms with Gasteiger partial charge in [-0.05, 0) is 62.4 Å². The molecule has 0 aliphatic carbocycles. The lowest BCUT2D eigenvalue weighted by Crippen LogP contribution is -2.21. The summed E-state index contributed by atoms with van der Waals surface area (Å²) < 4.78 is 1.23. The minimum Gasteiger partial charge on any atom is -0.319 e. The quantitative estimate of drug-likeness (QED) is 0.720. The molecule has 1 nitrogen and oxygen atoms in total. The molecule has 0 radical (unpaired) electrons. The van der Waals surface area contributed by atoms with E-state index >= 15 is 0 Å². The second kappa shape index (κ2) is 9.01. The number of nitrogens with one attached hydrogen (secondary N) is 1. The maximum absolute atomic E-state index is 3.66. The van der Waals surface area contributed by atoms with Gasteiger partial charge in [0.05, 0.1) is 0 Å². The molecule has 0 aromatic heterocycles. The van der Waals surface area contributed by atoms with Crippen LogP contribution in [-0.4, -0.2) is 13.6 Å². The molecule has 2 aromatic rings. The third-order valence-electron chi connectivity index (χ3n) is 3.88. The van der Waals surface area contributed by atoms with Crippen molar-refractivity contribution < 1.29 is 0 Å². The van der Waals surface area contributed by atoms with Crippen LogP contribution in [0.25, 0.3) is 0 Å². The molecule has 0 aliphatic heterocycles.